The van der Waals surface area contributed by atoms with Gasteiger partial charge in [-0.2, -0.15) is 0 Å². The Morgan fingerprint density at radius 1 is 1.65 bits per heavy atom. The van der Waals surface area contributed by atoms with Crippen LogP contribution in [0.4, 0.5) is 11.5 Å². The van der Waals surface area contributed by atoms with Gasteiger partial charge in [-0.1, -0.05) is 0 Å². The van der Waals surface area contributed by atoms with E-state index in [1.165, 1.54) is 6.20 Å². The van der Waals surface area contributed by atoms with Crippen molar-refractivity contribution in [3.63, 3.8) is 0 Å². The molecule has 92 valence electrons. The zero-order chi connectivity index (χ0) is 12.4. The molecule has 1 aromatic heterocycles. The highest BCUT2D eigenvalue weighted by Crippen LogP contribution is 2.22. The van der Waals surface area contributed by atoms with Crippen molar-refractivity contribution in [2.24, 2.45) is 5.73 Å². The molecule has 6 nitrogen and oxygen atoms in total. The van der Waals surface area contributed by atoms with Gasteiger partial charge in [0.1, 0.15) is 5.82 Å². The Labute approximate surface area is 99.5 Å². The van der Waals surface area contributed by atoms with Crippen LogP contribution in [0, 0.1) is 0 Å². The number of nitrogens with two attached hydrogens (primary N) is 2. The molecule has 1 aromatic rings. The molecule has 0 radical (unpaired) electrons. The quantitative estimate of drug-likeness (QED) is 0.769. The van der Waals surface area contributed by atoms with E-state index in [1.54, 1.807) is 13.2 Å². The highest BCUT2D eigenvalue weighted by Gasteiger charge is 2.23. The van der Waals surface area contributed by atoms with E-state index < -0.39 is 5.91 Å². The third-order valence-electron chi connectivity index (χ3n) is 2.99. The summed E-state index contributed by atoms with van der Waals surface area (Å²) < 4.78 is 5.28. The molecular weight excluding hydrogens is 220 g/mol. The van der Waals surface area contributed by atoms with Gasteiger partial charge in [-0.25, -0.2) is 4.98 Å². The predicted molar refractivity (Wildman–Crippen MR) is 64.8 cm³/mol. The van der Waals surface area contributed by atoms with Gasteiger partial charge in [-0.15, -0.1) is 0 Å². The molecule has 1 aliphatic rings. The van der Waals surface area contributed by atoms with Gasteiger partial charge in [0, 0.05) is 20.2 Å². The molecule has 0 aliphatic carbocycles. The van der Waals surface area contributed by atoms with Crippen molar-refractivity contribution in [3.05, 3.63) is 17.8 Å². The molecule has 0 aromatic carbocycles. The molecule has 2 heterocycles. The second-order valence-electron chi connectivity index (χ2n) is 4.09. The van der Waals surface area contributed by atoms with E-state index in [0.717, 1.165) is 19.5 Å². The lowest BCUT2D eigenvalue weighted by Crippen LogP contribution is -2.24. The minimum absolute atomic E-state index is 0.214. The Hall–Kier alpha value is -1.82. The molecule has 0 bridgehead atoms. The number of carbonyl (C=O) groups is 1. The molecule has 6 heteroatoms. The van der Waals surface area contributed by atoms with Crippen molar-refractivity contribution < 1.29 is 9.53 Å². The Morgan fingerprint density at radius 3 is 3.00 bits per heavy atom. The molecule has 1 atom stereocenters. The van der Waals surface area contributed by atoms with Crippen LogP contribution in [0.3, 0.4) is 0 Å². The fourth-order valence-corrected chi connectivity index (χ4v) is 1.97. The van der Waals surface area contributed by atoms with Gasteiger partial charge in [-0.05, 0) is 12.5 Å². The molecule has 2 rings (SSSR count). The number of nitrogens with zero attached hydrogens (tertiary/aromatic N) is 2. The Kier molecular flexibility index (Phi) is 3.14. The topological polar surface area (TPSA) is 94.5 Å². The van der Waals surface area contributed by atoms with E-state index in [4.69, 9.17) is 16.2 Å². The molecule has 1 fully saturated rings. The van der Waals surface area contributed by atoms with Crippen molar-refractivity contribution in [1.82, 2.24) is 4.98 Å². The smallest absolute Gasteiger partial charge is 0.250 e. The number of methoxy groups -OCH3 is 1. The highest BCUT2D eigenvalue weighted by molar-refractivity contribution is 5.98. The predicted octanol–water partition coefficient (Wildman–Crippen LogP) is -0.0122. The van der Waals surface area contributed by atoms with Crippen molar-refractivity contribution in [3.8, 4) is 0 Å². The number of nitrogen functional groups attached to an aromatic ring is 1. The summed E-state index contributed by atoms with van der Waals surface area (Å²) in [5.74, 6) is 0.182. The van der Waals surface area contributed by atoms with Crippen LogP contribution in [0.2, 0.25) is 0 Å². The van der Waals surface area contributed by atoms with Crippen LogP contribution in [0.5, 0.6) is 0 Å². The van der Waals surface area contributed by atoms with Gasteiger partial charge in [0.05, 0.1) is 23.6 Å². The first-order valence-electron chi connectivity index (χ1n) is 5.45. The van der Waals surface area contributed by atoms with Crippen LogP contribution in [-0.4, -0.2) is 37.2 Å². The number of amides is 1. The zero-order valence-corrected chi connectivity index (χ0v) is 9.72. The Morgan fingerprint density at radius 2 is 2.41 bits per heavy atom. The lowest BCUT2D eigenvalue weighted by Gasteiger charge is -2.18. The minimum atomic E-state index is -0.534. The third-order valence-corrected chi connectivity index (χ3v) is 2.99. The van der Waals surface area contributed by atoms with Crippen molar-refractivity contribution in [2.45, 2.75) is 12.5 Å². The van der Waals surface area contributed by atoms with Gasteiger partial charge in [0.25, 0.3) is 5.91 Å². The molecule has 1 aliphatic heterocycles. The van der Waals surface area contributed by atoms with Crippen molar-refractivity contribution in [1.29, 1.82) is 0 Å². The molecule has 1 saturated heterocycles. The van der Waals surface area contributed by atoms with E-state index >= 15 is 0 Å². The maximum Gasteiger partial charge on any atom is 0.250 e. The molecule has 4 N–H and O–H groups in total. The normalized spacial score (nSPS) is 19.6. The second kappa shape index (κ2) is 4.58. The lowest BCUT2D eigenvalue weighted by molar-refractivity contribution is 0.100. The van der Waals surface area contributed by atoms with Gasteiger partial charge >= 0.3 is 0 Å². The molecule has 1 amide bonds. The number of aromatic nitrogens is 1. The van der Waals surface area contributed by atoms with E-state index in [2.05, 4.69) is 9.88 Å². The van der Waals surface area contributed by atoms with Crippen LogP contribution < -0.4 is 16.4 Å². The van der Waals surface area contributed by atoms with Crippen LogP contribution in [0.15, 0.2) is 12.3 Å². The molecule has 17 heavy (non-hydrogen) atoms. The summed E-state index contributed by atoms with van der Waals surface area (Å²) in [6, 6.07) is 1.63. The van der Waals surface area contributed by atoms with Crippen LogP contribution in [0.25, 0.3) is 0 Å². The summed E-state index contributed by atoms with van der Waals surface area (Å²) in [6.45, 7) is 1.62. The van der Waals surface area contributed by atoms with Gasteiger partial charge in [0.2, 0.25) is 0 Å². The number of carbonyl (C=O) groups excluding carboxylic acids is 1. The number of primary amides is 1. The molecule has 1 unspecified atom stereocenters. The van der Waals surface area contributed by atoms with Gasteiger partial charge < -0.3 is 21.1 Å². The summed E-state index contributed by atoms with van der Waals surface area (Å²) in [7, 11) is 1.69. The minimum Gasteiger partial charge on any atom is -0.397 e. The van der Waals surface area contributed by atoms with Crippen LogP contribution in [0.1, 0.15) is 16.8 Å². The highest BCUT2D eigenvalue weighted by atomic mass is 16.5. The number of hydrogen-bond donors (Lipinski definition) is 2. The van der Waals surface area contributed by atoms with Gasteiger partial charge in [0.15, 0.2) is 0 Å². The SMILES string of the molecule is COC1CCN(c2cc(C(N)=O)c(N)cn2)C1. The third kappa shape index (κ3) is 2.31. The van der Waals surface area contributed by atoms with E-state index in [9.17, 15) is 4.79 Å². The fourth-order valence-electron chi connectivity index (χ4n) is 1.97. The molecular formula is C11H16N4O2. The number of anilines is 2. The maximum absolute atomic E-state index is 11.2. The number of hydrogen-bond acceptors (Lipinski definition) is 5. The first-order chi connectivity index (χ1) is 8.11. The van der Waals surface area contributed by atoms with Gasteiger partial charge in [-0.3, -0.25) is 4.79 Å². The van der Waals surface area contributed by atoms with E-state index in [1.807, 2.05) is 0 Å². The zero-order valence-electron chi connectivity index (χ0n) is 9.72. The standard InChI is InChI=1S/C11H16N4O2/c1-17-7-2-3-15(6-7)10-4-8(11(13)16)9(12)5-14-10/h4-5,7H,2-3,6,12H2,1H3,(H2,13,16). The van der Waals surface area contributed by atoms with Crippen LogP contribution in [-0.2, 0) is 4.74 Å². The first kappa shape index (κ1) is 11.7. The average Bonchev–Trinajstić information content (AvgIpc) is 2.78. The Balaban J connectivity index is 2.22. The summed E-state index contributed by atoms with van der Waals surface area (Å²) >= 11 is 0. The second-order valence-corrected chi connectivity index (χ2v) is 4.09. The van der Waals surface area contributed by atoms with Crippen molar-refractivity contribution in [2.75, 3.05) is 30.8 Å². The monoisotopic (exact) mass is 236 g/mol. The van der Waals surface area contributed by atoms with Crippen molar-refractivity contribution >= 4 is 17.4 Å². The summed E-state index contributed by atoms with van der Waals surface area (Å²) in [5.41, 5.74) is 11.5. The largest absolute Gasteiger partial charge is 0.397 e. The van der Waals surface area contributed by atoms with Crippen LogP contribution >= 0.6 is 0 Å². The summed E-state index contributed by atoms with van der Waals surface area (Å²) in [5, 5.41) is 0. The Bertz CT molecular complexity index is 435. The number of ether oxygens (including phenoxy) is 1. The molecule has 0 spiro atoms. The van der Waals surface area contributed by atoms with E-state index in [0.29, 0.717) is 17.1 Å². The maximum atomic E-state index is 11.2. The summed E-state index contributed by atoms with van der Waals surface area (Å²) in [6.07, 6.45) is 2.63. The first-order valence-corrected chi connectivity index (χ1v) is 5.45. The van der Waals surface area contributed by atoms with E-state index in [-0.39, 0.29) is 6.10 Å². The summed E-state index contributed by atoms with van der Waals surface area (Å²) in [4.78, 5) is 17.4. The fraction of sp³-hybridized carbons (Fsp3) is 0.455. The molecule has 0 saturated carbocycles. The number of pyridine rings is 1. The lowest BCUT2D eigenvalue weighted by atomic mass is 10.2. The average molecular weight is 236 g/mol. The number of rotatable bonds is 3.